The van der Waals surface area contributed by atoms with Crippen molar-refractivity contribution in [1.29, 1.82) is 0 Å². The topological polar surface area (TPSA) is 64.4 Å². The van der Waals surface area contributed by atoms with Crippen molar-refractivity contribution in [2.75, 3.05) is 12.4 Å². The van der Waals surface area contributed by atoms with Crippen LogP contribution in [0.2, 0.25) is 0 Å². The van der Waals surface area contributed by atoms with Crippen molar-refractivity contribution in [2.24, 2.45) is 0 Å². The summed E-state index contributed by atoms with van der Waals surface area (Å²) in [4.78, 5) is 10.5. The number of rotatable bonds is 4. The van der Waals surface area contributed by atoms with Crippen LogP contribution in [0, 0.1) is 17.0 Å². The maximum Gasteiger partial charge on any atom is 0.275 e. The van der Waals surface area contributed by atoms with E-state index in [9.17, 15) is 10.1 Å². The van der Waals surface area contributed by atoms with E-state index in [4.69, 9.17) is 4.74 Å². The molecule has 0 atom stereocenters. The number of ether oxygens (including phenoxy) is 1. The SMILES string of the molecule is CNc1cc(Oc2ccc(Br)cc2C)cc([N+](=O)[O-])c1. The molecule has 0 heterocycles. The summed E-state index contributed by atoms with van der Waals surface area (Å²) in [6, 6.07) is 10.2. The number of nitrogens with one attached hydrogen (secondary N) is 1. The van der Waals surface area contributed by atoms with Crippen LogP contribution in [0.5, 0.6) is 11.5 Å². The Morgan fingerprint density at radius 3 is 2.60 bits per heavy atom. The molecule has 0 aliphatic carbocycles. The number of benzene rings is 2. The van der Waals surface area contributed by atoms with E-state index in [1.54, 1.807) is 13.1 Å². The second-order valence-corrected chi connectivity index (χ2v) is 5.15. The van der Waals surface area contributed by atoms with Gasteiger partial charge in [-0.15, -0.1) is 0 Å². The number of non-ortho nitro benzene ring substituents is 1. The Bertz CT molecular complexity index is 659. The average Bonchev–Trinajstić information content (AvgIpc) is 2.41. The standard InChI is InChI=1S/C14H13BrN2O3/c1-9-5-10(15)3-4-14(9)20-13-7-11(16-2)6-12(8-13)17(18)19/h3-8,16H,1-2H3. The number of nitro benzene ring substituents is 1. The fourth-order valence-electron chi connectivity index (χ4n) is 1.75. The third-order valence-corrected chi connectivity index (χ3v) is 3.25. The average molecular weight is 337 g/mol. The second kappa shape index (κ2) is 5.92. The van der Waals surface area contributed by atoms with Gasteiger partial charge in [-0.2, -0.15) is 0 Å². The van der Waals surface area contributed by atoms with Crippen LogP contribution in [0.25, 0.3) is 0 Å². The third kappa shape index (κ3) is 3.27. The number of nitro groups is 1. The Hall–Kier alpha value is -2.08. The summed E-state index contributed by atoms with van der Waals surface area (Å²) in [6.45, 7) is 1.91. The zero-order chi connectivity index (χ0) is 14.7. The molecule has 0 fully saturated rings. The summed E-state index contributed by atoms with van der Waals surface area (Å²) in [5, 5.41) is 13.8. The van der Waals surface area contributed by atoms with Crippen LogP contribution in [-0.4, -0.2) is 12.0 Å². The lowest BCUT2D eigenvalue weighted by atomic mass is 10.2. The van der Waals surface area contributed by atoms with Gasteiger partial charge in [-0.05, 0) is 30.7 Å². The molecule has 0 aliphatic rings. The summed E-state index contributed by atoms with van der Waals surface area (Å²) in [6.07, 6.45) is 0. The Labute approximate surface area is 124 Å². The van der Waals surface area contributed by atoms with Gasteiger partial charge in [0.2, 0.25) is 0 Å². The predicted octanol–water partition coefficient (Wildman–Crippen LogP) is 4.50. The molecule has 104 valence electrons. The maximum absolute atomic E-state index is 10.9. The molecule has 0 bridgehead atoms. The van der Waals surface area contributed by atoms with E-state index in [0.29, 0.717) is 17.2 Å². The predicted molar refractivity (Wildman–Crippen MR) is 81.6 cm³/mol. The highest BCUT2D eigenvalue weighted by molar-refractivity contribution is 9.10. The molecule has 2 aromatic rings. The van der Waals surface area contributed by atoms with Gasteiger partial charge >= 0.3 is 0 Å². The normalized spacial score (nSPS) is 10.2. The second-order valence-electron chi connectivity index (χ2n) is 4.23. The number of anilines is 1. The lowest BCUT2D eigenvalue weighted by Crippen LogP contribution is -1.95. The van der Waals surface area contributed by atoms with Gasteiger partial charge in [0.25, 0.3) is 5.69 Å². The quantitative estimate of drug-likeness (QED) is 0.659. The van der Waals surface area contributed by atoms with Gasteiger partial charge in [0.1, 0.15) is 11.5 Å². The Balaban J connectivity index is 2.37. The number of nitrogens with zero attached hydrogens (tertiary/aromatic N) is 1. The van der Waals surface area contributed by atoms with Crippen molar-refractivity contribution in [3.63, 3.8) is 0 Å². The zero-order valence-corrected chi connectivity index (χ0v) is 12.6. The Morgan fingerprint density at radius 2 is 2.00 bits per heavy atom. The van der Waals surface area contributed by atoms with Crippen molar-refractivity contribution in [1.82, 2.24) is 0 Å². The van der Waals surface area contributed by atoms with Gasteiger partial charge in [0.05, 0.1) is 11.0 Å². The Morgan fingerprint density at radius 1 is 1.25 bits per heavy atom. The Kier molecular flexibility index (Phi) is 4.24. The molecule has 0 unspecified atom stereocenters. The molecule has 0 aromatic heterocycles. The van der Waals surface area contributed by atoms with E-state index in [1.165, 1.54) is 12.1 Å². The minimum atomic E-state index is -0.442. The molecular formula is C14H13BrN2O3. The molecular weight excluding hydrogens is 324 g/mol. The fraction of sp³-hybridized carbons (Fsp3) is 0.143. The molecule has 0 saturated carbocycles. The highest BCUT2D eigenvalue weighted by atomic mass is 79.9. The highest BCUT2D eigenvalue weighted by Gasteiger charge is 2.11. The van der Waals surface area contributed by atoms with Crippen molar-refractivity contribution >= 4 is 27.3 Å². The van der Waals surface area contributed by atoms with Crippen molar-refractivity contribution in [2.45, 2.75) is 6.92 Å². The number of hydrogen-bond acceptors (Lipinski definition) is 4. The van der Waals surface area contributed by atoms with E-state index < -0.39 is 4.92 Å². The zero-order valence-electron chi connectivity index (χ0n) is 11.0. The van der Waals surface area contributed by atoms with Gasteiger partial charge in [-0.3, -0.25) is 10.1 Å². The minimum absolute atomic E-state index is 0.0124. The largest absolute Gasteiger partial charge is 0.457 e. The van der Waals surface area contributed by atoms with Crippen LogP contribution in [0.4, 0.5) is 11.4 Å². The lowest BCUT2D eigenvalue weighted by Gasteiger charge is -2.10. The first-order valence-electron chi connectivity index (χ1n) is 5.91. The highest BCUT2D eigenvalue weighted by Crippen LogP contribution is 2.31. The van der Waals surface area contributed by atoms with Crippen LogP contribution in [0.1, 0.15) is 5.56 Å². The van der Waals surface area contributed by atoms with E-state index in [1.807, 2.05) is 25.1 Å². The van der Waals surface area contributed by atoms with Gasteiger partial charge in [-0.1, -0.05) is 15.9 Å². The molecule has 6 heteroatoms. The molecule has 20 heavy (non-hydrogen) atoms. The molecule has 0 radical (unpaired) electrons. The van der Waals surface area contributed by atoms with E-state index in [2.05, 4.69) is 21.2 Å². The number of aryl methyl sites for hydroxylation is 1. The first-order chi connectivity index (χ1) is 9.49. The molecule has 0 spiro atoms. The van der Waals surface area contributed by atoms with Gasteiger partial charge in [0.15, 0.2) is 0 Å². The molecule has 2 aromatic carbocycles. The van der Waals surface area contributed by atoms with E-state index >= 15 is 0 Å². The van der Waals surface area contributed by atoms with Crippen molar-refractivity contribution in [3.8, 4) is 11.5 Å². The first kappa shape index (κ1) is 14.3. The number of hydrogen-bond donors (Lipinski definition) is 1. The maximum atomic E-state index is 10.9. The monoisotopic (exact) mass is 336 g/mol. The van der Waals surface area contributed by atoms with Gasteiger partial charge in [-0.25, -0.2) is 0 Å². The van der Waals surface area contributed by atoms with Gasteiger partial charge < -0.3 is 10.1 Å². The van der Waals surface area contributed by atoms with Gasteiger partial charge in [0, 0.05) is 29.3 Å². The van der Waals surface area contributed by atoms with Crippen LogP contribution >= 0.6 is 15.9 Å². The minimum Gasteiger partial charge on any atom is -0.457 e. The summed E-state index contributed by atoms with van der Waals surface area (Å²) < 4.78 is 6.69. The van der Waals surface area contributed by atoms with Crippen LogP contribution < -0.4 is 10.1 Å². The smallest absolute Gasteiger partial charge is 0.275 e. The lowest BCUT2D eigenvalue weighted by molar-refractivity contribution is -0.384. The summed E-state index contributed by atoms with van der Waals surface area (Å²) >= 11 is 3.38. The molecule has 0 amide bonds. The van der Waals surface area contributed by atoms with E-state index in [0.717, 1.165) is 10.0 Å². The molecule has 2 rings (SSSR count). The van der Waals surface area contributed by atoms with Crippen LogP contribution in [0.3, 0.4) is 0 Å². The van der Waals surface area contributed by atoms with Crippen LogP contribution in [0.15, 0.2) is 40.9 Å². The first-order valence-corrected chi connectivity index (χ1v) is 6.70. The van der Waals surface area contributed by atoms with E-state index in [-0.39, 0.29) is 5.69 Å². The molecule has 5 nitrogen and oxygen atoms in total. The molecule has 1 N–H and O–H groups in total. The van der Waals surface area contributed by atoms with Crippen molar-refractivity contribution in [3.05, 3.63) is 56.5 Å². The summed E-state index contributed by atoms with van der Waals surface area (Å²) in [5.41, 5.74) is 1.56. The third-order valence-electron chi connectivity index (χ3n) is 2.76. The van der Waals surface area contributed by atoms with Crippen molar-refractivity contribution < 1.29 is 9.66 Å². The number of halogens is 1. The summed E-state index contributed by atoms with van der Waals surface area (Å²) in [5.74, 6) is 1.09. The fourth-order valence-corrected chi connectivity index (χ4v) is 2.22. The molecule has 0 aliphatic heterocycles. The van der Waals surface area contributed by atoms with Crippen LogP contribution in [-0.2, 0) is 0 Å². The molecule has 0 saturated heterocycles. The summed E-state index contributed by atoms with van der Waals surface area (Å²) in [7, 11) is 1.70.